The molecule has 7 nitrogen and oxygen atoms in total. The number of hydrogen-bond donors (Lipinski definition) is 2. The summed E-state index contributed by atoms with van der Waals surface area (Å²) in [5.41, 5.74) is 4.83. The summed E-state index contributed by atoms with van der Waals surface area (Å²) in [4.78, 5) is 28.6. The van der Waals surface area contributed by atoms with E-state index in [2.05, 4.69) is 21.8 Å². The van der Waals surface area contributed by atoms with Gasteiger partial charge in [-0.25, -0.2) is 5.01 Å². The summed E-state index contributed by atoms with van der Waals surface area (Å²) >= 11 is 0. The van der Waals surface area contributed by atoms with Crippen LogP contribution in [0.5, 0.6) is 0 Å². The Labute approximate surface area is 150 Å². The average Bonchev–Trinajstić information content (AvgIpc) is 2.69. The number of hydrazine groups is 1. The van der Waals surface area contributed by atoms with Crippen LogP contribution in [0.15, 0.2) is 59.6 Å². The fourth-order valence-electron chi connectivity index (χ4n) is 2.52. The highest BCUT2D eigenvalue weighted by atomic mass is 16.2. The molecule has 3 rings (SSSR count). The largest absolute Gasteiger partial charge is 0.343 e. The third-order valence-electron chi connectivity index (χ3n) is 3.96. The molecular formula is C19H17N5O2. The minimum absolute atomic E-state index is 0.0777. The zero-order valence-electron chi connectivity index (χ0n) is 14.1. The molecule has 130 valence electrons. The lowest BCUT2D eigenvalue weighted by Crippen LogP contribution is -2.56. The predicted octanol–water partition coefficient (Wildman–Crippen LogP) is 1.69. The zero-order valence-corrected chi connectivity index (χ0v) is 14.1. The minimum Gasteiger partial charge on any atom is -0.343 e. The molecule has 0 aliphatic carbocycles. The van der Waals surface area contributed by atoms with Gasteiger partial charge in [0.2, 0.25) is 5.84 Å². The monoisotopic (exact) mass is 347 g/mol. The molecule has 1 atom stereocenters. The van der Waals surface area contributed by atoms with Crippen molar-refractivity contribution >= 4 is 23.3 Å². The van der Waals surface area contributed by atoms with Crippen LogP contribution in [0.3, 0.4) is 0 Å². The van der Waals surface area contributed by atoms with Crippen molar-refractivity contribution in [2.24, 2.45) is 4.99 Å². The first-order valence-electron chi connectivity index (χ1n) is 8.08. The Hall–Kier alpha value is -3.66. The summed E-state index contributed by atoms with van der Waals surface area (Å²) < 4.78 is 0. The van der Waals surface area contributed by atoms with E-state index in [0.29, 0.717) is 11.3 Å². The maximum atomic E-state index is 12.5. The molecule has 2 aromatic carbocycles. The number of rotatable bonds is 4. The second kappa shape index (κ2) is 7.49. The average molecular weight is 347 g/mol. The second-order valence-corrected chi connectivity index (χ2v) is 5.77. The van der Waals surface area contributed by atoms with Gasteiger partial charge in [0.15, 0.2) is 0 Å². The lowest BCUT2D eigenvalue weighted by atomic mass is 10.1. The van der Waals surface area contributed by atoms with Crippen LogP contribution >= 0.6 is 0 Å². The molecule has 2 amide bonds. The number of carbonyl (C=O) groups is 2. The van der Waals surface area contributed by atoms with Crippen LogP contribution in [0.4, 0.5) is 5.69 Å². The van der Waals surface area contributed by atoms with Gasteiger partial charge in [0, 0.05) is 0 Å². The quantitative estimate of drug-likeness (QED) is 0.879. The van der Waals surface area contributed by atoms with Gasteiger partial charge in [-0.3, -0.25) is 20.0 Å². The van der Waals surface area contributed by atoms with Crippen molar-refractivity contribution < 1.29 is 9.59 Å². The van der Waals surface area contributed by atoms with Crippen LogP contribution in [0.2, 0.25) is 0 Å². The second-order valence-electron chi connectivity index (χ2n) is 5.77. The van der Waals surface area contributed by atoms with Crippen LogP contribution < -0.4 is 15.8 Å². The lowest BCUT2D eigenvalue weighted by Gasteiger charge is -2.28. The number of aliphatic imine (C=N–C) groups is 1. The van der Waals surface area contributed by atoms with Gasteiger partial charge in [-0.15, -0.1) is 0 Å². The van der Waals surface area contributed by atoms with E-state index in [-0.39, 0.29) is 24.3 Å². The van der Waals surface area contributed by atoms with E-state index in [0.717, 1.165) is 5.56 Å². The Kier molecular flexibility index (Phi) is 4.94. The molecule has 0 spiro atoms. The Morgan fingerprint density at radius 3 is 2.58 bits per heavy atom. The van der Waals surface area contributed by atoms with E-state index in [1.807, 2.05) is 25.1 Å². The molecule has 26 heavy (non-hydrogen) atoms. The fraction of sp³-hybridized carbons (Fsp3) is 0.158. The van der Waals surface area contributed by atoms with Gasteiger partial charge in [0.1, 0.15) is 6.54 Å². The number of para-hydroxylation sites is 1. The number of anilines is 1. The lowest BCUT2D eigenvalue weighted by molar-refractivity contribution is -0.118. The Bertz CT molecular complexity index is 884. The van der Waals surface area contributed by atoms with Gasteiger partial charge in [-0.2, -0.15) is 5.26 Å². The Balaban J connectivity index is 1.69. The van der Waals surface area contributed by atoms with Gasteiger partial charge in [0.05, 0.1) is 23.4 Å². The first kappa shape index (κ1) is 17.2. The van der Waals surface area contributed by atoms with Crippen molar-refractivity contribution in [1.29, 1.82) is 5.26 Å². The highest BCUT2D eigenvalue weighted by molar-refractivity contribution is 6.39. The number of nitriles is 1. The number of carbonyl (C=O) groups excluding carboxylic acids is 2. The predicted molar refractivity (Wildman–Crippen MR) is 97.1 cm³/mol. The standard InChI is InChI=1S/C19H17N5O2/c1-13(15-9-7-14(11-20)8-10-15)22-19(26)18-21-12-17(25)24(23-18)16-5-3-2-4-6-16/h2-10,13H,12H2,1H3,(H,21,23)(H,22,26). The van der Waals surface area contributed by atoms with Crippen molar-refractivity contribution in [3.63, 3.8) is 0 Å². The van der Waals surface area contributed by atoms with E-state index in [1.165, 1.54) is 5.01 Å². The minimum atomic E-state index is -0.407. The third-order valence-corrected chi connectivity index (χ3v) is 3.96. The molecule has 0 bridgehead atoms. The summed E-state index contributed by atoms with van der Waals surface area (Å²) in [7, 11) is 0. The van der Waals surface area contributed by atoms with Gasteiger partial charge in [-0.05, 0) is 36.8 Å². The van der Waals surface area contributed by atoms with E-state index in [1.54, 1.807) is 36.4 Å². The summed E-state index contributed by atoms with van der Waals surface area (Å²) in [6.45, 7) is 1.73. The molecule has 0 fully saturated rings. The van der Waals surface area contributed by atoms with E-state index < -0.39 is 5.91 Å². The summed E-state index contributed by atoms with van der Waals surface area (Å²) in [5.74, 6) is -0.572. The molecule has 1 heterocycles. The summed E-state index contributed by atoms with van der Waals surface area (Å²) in [6.07, 6.45) is 0. The molecule has 0 radical (unpaired) electrons. The summed E-state index contributed by atoms with van der Waals surface area (Å²) in [6, 6.07) is 17.8. The zero-order chi connectivity index (χ0) is 18.5. The molecule has 2 N–H and O–H groups in total. The number of hydrogen-bond acceptors (Lipinski definition) is 5. The third kappa shape index (κ3) is 3.70. The van der Waals surface area contributed by atoms with Crippen molar-refractivity contribution in [2.45, 2.75) is 13.0 Å². The van der Waals surface area contributed by atoms with E-state index >= 15 is 0 Å². The topological polar surface area (TPSA) is 97.6 Å². The molecule has 0 saturated carbocycles. The molecule has 1 unspecified atom stereocenters. The van der Waals surface area contributed by atoms with Crippen LogP contribution in [-0.2, 0) is 9.59 Å². The van der Waals surface area contributed by atoms with Crippen LogP contribution in [0.25, 0.3) is 0 Å². The smallest absolute Gasteiger partial charge is 0.288 e. The molecule has 1 aliphatic rings. The van der Waals surface area contributed by atoms with Crippen LogP contribution in [0, 0.1) is 11.3 Å². The van der Waals surface area contributed by atoms with Crippen molar-refractivity contribution in [1.82, 2.24) is 10.7 Å². The van der Waals surface area contributed by atoms with Gasteiger partial charge < -0.3 is 5.32 Å². The number of benzene rings is 2. The first-order chi connectivity index (χ1) is 12.6. The summed E-state index contributed by atoms with van der Waals surface area (Å²) in [5, 5.41) is 13.0. The molecule has 7 heteroatoms. The molecule has 2 aromatic rings. The first-order valence-corrected chi connectivity index (χ1v) is 8.08. The van der Waals surface area contributed by atoms with Gasteiger partial charge in [0.25, 0.3) is 11.8 Å². The number of amidine groups is 1. The fourth-order valence-corrected chi connectivity index (χ4v) is 2.52. The van der Waals surface area contributed by atoms with Crippen molar-refractivity contribution in [2.75, 3.05) is 11.6 Å². The highest BCUT2D eigenvalue weighted by Gasteiger charge is 2.26. The van der Waals surface area contributed by atoms with Crippen LogP contribution in [-0.4, -0.2) is 24.2 Å². The molecular weight excluding hydrogens is 330 g/mol. The number of nitrogens with one attached hydrogen (secondary N) is 2. The molecule has 1 aliphatic heterocycles. The molecule has 0 saturated heterocycles. The van der Waals surface area contributed by atoms with E-state index in [9.17, 15) is 9.59 Å². The Morgan fingerprint density at radius 2 is 1.92 bits per heavy atom. The van der Waals surface area contributed by atoms with Gasteiger partial charge >= 0.3 is 0 Å². The maximum absolute atomic E-state index is 12.5. The maximum Gasteiger partial charge on any atom is 0.288 e. The van der Waals surface area contributed by atoms with Crippen molar-refractivity contribution in [3.05, 3.63) is 65.7 Å². The van der Waals surface area contributed by atoms with Crippen molar-refractivity contribution in [3.8, 4) is 6.07 Å². The Morgan fingerprint density at radius 1 is 1.23 bits per heavy atom. The SMILES string of the molecule is CC(NC(=O)C1=NCC(=O)N(c2ccccc2)N1)c1ccc(C#N)cc1. The molecule has 0 aromatic heterocycles. The normalized spacial score (nSPS) is 14.7. The highest BCUT2D eigenvalue weighted by Crippen LogP contribution is 2.15. The van der Waals surface area contributed by atoms with E-state index in [4.69, 9.17) is 5.26 Å². The number of amides is 2. The van der Waals surface area contributed by atoms with Crippen LogP contribution in [0.1, 0.15) is 24.1 Å². The van der Waals surface area contributed by atoms with Gasteiger partial charge in [-0.1, -0.05) is 30.3 Å². The number of nitrogens with zero attached hydrogens (tertiary/aromatic N) is 3.